The molecule has 0 bridgehead atoms. The summed E-state index contributed by atoms with van der Waals surface area (Å²) in [6.45, 7) is 0.424. The number of hydrogen-bond acceptors (Lipinski definition) is 3. The molecule has 0 saturated carbocycles. The van der Waals surface area contributed by atoms with Gasteiger partial charge in [-0.05, 0) is 0 Å². The summed E-state index contributed by atoms with van der Waals surface area (Å²) in [6, 6.07) is 1.61. The highest BCUT2D eigenvalue weighted by atomic mass is 35.5. The van der Waals surface area contributed by atoms with Gasteiger partial charge in [0.2, 0.25) is 0 Å². The van der Waals surface area contributed by atoms with Crippen LogP contribution in [0.2, 0.25) is 5.02 Å². The Morgan fingerprint density at radius 3 is 3.25 bits per heavy atom. The molecule has 2 rings (SSSR count). The molecule has 1 aliphatic rings. The number of rotatable bonds is 0. The van der Waals surface area contributed by atoms with Crippen molar-refractivity contribution >= 4 is 17.4 Å². The first-order chi connectivity index (χ1) is 5.77. The zero-order chi connectivity index (χ0) is 8.55. The van der Waals surface area contributed by atoms with Crippen LogP contribution in [0.5, 0.6) is 5.75 Å². The van der Waals surface area contributed by atoms with Crippen molar-refractivity contribution in [2.24, 2.45) is 0 Å². The second-order valence-corrected chi connectivity index (χ2v) is 2.96. The number of nitrogens with zero attached hydrogens (tertiary/aromatic N) is 1. The fraction of sp³-hybridized carbons (Fsp3) is 0.250. The van der Waals surface area contributed by atoms with E-state index in [0.717, 1.165) is 0 Å². The Kier molecular flexibility index (Phi) is 1.73. The fourth-order valence-corrected chi connectivity index (χ4v) is 1.26. The number of carbonyl (C=O) groups excluding carboxylic acids is 1. The van der Waals surface area contributed by atoms with E-state index in [0.29, 0.717) is 29.5 Å². The van der Waals surface area contributed by atoms with E-state index in [-0.39, 0.29) is 5.78 Å². The van der Waals surface area contributed by atoms with Crippen LogP contribution in [0.15, 0.2) is 12.3 Å². The first-order valence-electron chi connectivity index (χ1n) is 3.59. The van der Waals surface area contributed by atoms with Crippen LogP contribution in [0.25, 0.3) is 0 Å². The largest absolute Gasteiger partial charge is 0.491 e. The molecule has 1 aromatic rings. The van der Waals surface area contributed by atoms with Gasteiger partial charge in [-0.1, -0.05) is 11.6 Å². The van der Waals surface area contributed by atoms with E-state index < -0.39 is 0 Å². The molecule has 12 heavy (non-hydrogen) atoms. The molecule has 0 aliphatic carbocycles. The number of fused-ring (bicyclic) bond motifs is 1. The summed E-state index contributed by atoms with van der Waals surface area (Å²) in [5.74, 6) is 0.520. The zero-order valence-electron chi connectivity index (χ0n) is 6.21. The summed E-state index contributed by atoms with van der Waals surface area (Å²) in [5.41, 5.74) is 0.394. The molecule has 62 valence electrons. The van der Waals surface area contributed by atoms with Crippen LogP contribution in [0.1, 0.15) is 16.9 Å². The third-order valence-corrected chi connectivity index (χ3v) is 1.88. The number of hydrogen-bond donors (Lipinski definition) is 0. The van der Waals surface area contributed by atoms with Crippen molar-refractivity contribution in [3.05, 3.63) is 23.0 Å². The van der Waals surface area contributed by atoms with Crippen LogP contribution in [0.3, 0.4) is 0 Å². The van der Waals surface area contributed by atoms with Crippen LogP contribution in [-0.2, 0) is 0 Å². The van der Waals surface area contributed by atoms with Crippen LogP contribution in [0.4, 0.5) is 0 Å². The maximum atomic E-state index is 11.2. The van der Waals surface area contributed by atoms with E-state index in [2.05, 4.69) is 4.98 Å². The van der Waals surface area contributed by atoms with Crippen molar-refractivity contribution in [3.8, 4) is 5.75 Å². The van der Waals surface area contributed by atoms with Gasteiger partial charge in [0.15, 0.2) is 5.78 Å². The predicted molar refractivity (Wildman–Crippen MR) is 43.7 cm³/mol. The molecule has 0 atom stereocenters. The molecular formula is C8H6ClNO2. The second kappa shape index (κ2) is 2.75. The average molecular weight is 184 g/mol. The normalized spacial score (nSPS) is 15.2. The number of halogens is 1. The summed E-state index contributed by atoms with van der Waals surface area (Å²) in [4.78, 5) is 15.1. The Morgan fingerprint density at radius 1 is 1.58 bits per heavy atom. The SMILES string of the molecule is O=C1CCOc2cc(Cl)cnc21. The van der Waals surface area contributed by atoms with Crippen LogP contribution >= 0.6 is 11.6 Å². The highest BCUT2D eigenvalue weighted by Crippen LogP contribution is 2.25. The van der Waals surface area contributed by atoms with E-state index in [1.165, 1.54) is 6.20 Å². The number of aromatic nitrogens is 1. The lowest BCUT2D eigenvalue weighted by atomic mass is 10.1. The molecule has 0 unspecified atom stereocenters. The third-order valence-electron chi connectivity index (χ3n) is 1.67. The van der Waals surface area contributed by atoms with Crippen molar-refractivity contribution < 1.29 is 9.53 Å². The molecule has 1 aliphatic heterocycles. The minimum Gasteiger partial charge on any atom is -0.491 e. The Bertz CT molecular complexity index is 338. The fourth-order valence-electron chi connectivity index (χ4n) is 1.11. The number of pyridine rings is 1. The topological polar surface area (TPSA) is 39.2 Å². The van der Waals surface area contributed by atoms with Gasteiger partial charge in [0.1, 0.15) is 11.4 Å². The summed E-state index contributed by atoms with van der Waals surface area (Å²) < 4.78 is 5.21. The lowest BCUT2D eigenvalue weighted by molar-refractivity contribution is 0.0927. The average Bonchev–Trinajstić information content (AvgIpc) is 2.04. The quantitative estimate of drug-likeness (QED) is 0.615. The minimum absolute atomic E-state index is 0.0212. The van der Waals surface area contributed by atoms with E-state index in [1.54, 1.807) is 6.07 Å². The molecule has 3 nitrogen and oxygen atoms in total. The van der Waals surface area contributed by atoms with Gasteiger partial charge >= 0.3 is 0 Å². The van der Waals surface area contributed by atoms with E-state index >= 15 is 0 Å². The summed E-state index contributed by atoms with van der Waals surface area (Å²) >= 11 is 5.67. The van der Waals surface area contributed by atoms with Gasteiger partial charge < -0.3 is 4.74 Å². The van der Waals surface area contributed by atoms with Crippen molar-refractivity contribution in [3.63, 3.8) is 0 Å². The molecule has 0 spiro atoms. The predicted octanol–water partition coefficient (Wildman–Crippen LogP) is 1.70. The molecule has 4 heteroatoms. The van der Waals surface area contributed by atoms with E-state index in [4.69, 9.17) is 16.3 Å². The molecule has 0 N–H and O–H groups in total. The lowest BCUT2D eigenvalue weighted by Crippen LogP contribution is -2.16. The molecule has 0 saturated heterocycles. The van der Waals surface area contributed by atoms with Crippen LogP contribution in [0, 0.1) is 0 Å². The monoisotopic (exact) mass is 183 g/mol. The summed E-state index contributed by atoms with van der Waals surface area (Å²) in [7, 11) is 0. The second-order valence-electron chi connectivity index (χ2n) is 2.52. The maximum Gasteiger partial charge on any atom is 0.188 e. The molecule has 0 radical (unpaired) electrons. The van der Waals surface area contributed by atoms with Gasteiger partial charge in [-0.15, -0.1) is 0 Å². The minimum atomic E-state index is 0.0212. The Labute approximate surface area is 74.3 Å². The van der Waals surface area contributed by atoms with Gasteiger partial charge in [-0.3, -0.25) is 4.79 Å². The Hall–Kier alpha value is -1.09. The first kappa shape index (κ1) is 7.55. The summed E-state index contributed by atoms with van der Waals surface area (Å²) in [5, 5.41) is 0.489. The molecule has 0 aromatic carbocycles. The number of ketones is 1. The van der Waals surface area contributed by atoms with Gasteiger partial charge in [0, 0.05) is 18.7 Å². The van der Waals surface area contributed by atoms with Crippen molar-refractivity contribution in [1.82, 2.24) is 4.98 Å². The van der Waals surface area contributed by atoms with Gasteiger partial charge in [-0.2, -0.15) is 0 Å². The van der Waals surface area contributed by atoms with Crippen molar-refractivity contribution in [1.29, 1.82) is 0 Å². The molecule has 0 fully saturated rings. The number of carbonyl (C=O) groups is 1. The zero-order valence-corrected chi connectivity index (χ0v) is 6.97. The first-order valence-corrected chi connectivity index (χ1v) is 3.97. The highest BCUT2D eigenvalue weighted by Gasteiger charge is 2.19. The lowest BCUT2D eigenvalue weighted by Gasteiger charge is -2.14. The smallest absolute Gasteiger partial charge is 0.188 e. The van der Waals surface area contributed by atoms with Crippen molar-refractivity contribution in [2.45, 2.75) is 6.42 Å². The molecule has 0 amide bonds. The summed E-state index contributed by atoms with van der Waals surface area (Å²) in [6.07, 6.45) is 1.86. The van der Waals surface area contributed by atoms with Gasteiger partial charge in [-0.25, -0.2) is 4.98 Å². The molecular weight excluding hydrogens is 178 g/mol. The standard InChI is InChI=1S/C8H6ClNO2/c9-5-3-7-8(10-4-5)6(11)1-2-12-7/h3-4H,1-2H2. The molecule has 2 heterocycles. The van der Waals surface area contributed by atoms with E-state index in [9.17, 15) is 4.79 Å². The number of ether oxygens (including phenoxy) is 1. The van der Waals surface area contributed by atoms with Crippen LogP contribution < -0.4 is 4.74 Å². The molecule has 1 aromatic heterocycles. The van der Waals surface area contributed by atoms with Gasteiger partial charge in [0.25, 0.3) is 0 Å². The Morgan fingerprint density at radius 2 is 2.42 bits per heavy atom. The maximum absolute atomic E-state index is 11.2. The third kappa shape index (κ3) is 1.16. The highest BCUT2D eigenvalue weighted by molar-refractivity contribution is 6.30. The van der Waals surface area contributed by atoms with E-state index in [1.807, 2.05) is 0 Å². The Balaban J connectivity index is 2.53. The van der Waals surface area contributed by atoms with Crippen molar-refractivity contribution in [2.75, 3.05) is 6.61 Å². The number of Topliss-reactive ketones (excluding diaryl/α,β-unsaturated/α-hetero) is 1. The van der Waals surface area contributed by atoms with Crippen LogP contribution in [-0.4, -0.2) is 17.4 Å². The van der Waals surface area contributed by atoms with Gasteiger partial charge in [0.05, 0.1) is 11.6 Å².